The number of carbonyl (C=O) groups excluding carboxylic acids is 1. The number of ether oxygens (including phenoxy) is 1. The standard InChI is InChI=1S/C10H14.C7H14O2.2C2H6/c1-3-9(2)10-7-5-4-6-8-10;1-5-7(2,3)6(8)9-4;2*1-2/h4-9H,3H2,1-2H3;5H2,1-4H3;2*1-2H3. The number of esters is 1. The molecule has 0 heterocycles. The summed E-state index contributed by atoms with van der Waals surface area (Å²) in [7, 11) is 1.42. The van der Waals surface area contributed by atoms with E-state index in [-0.39, 0.29) is 11.4 Å². The normalized spacial score (nSPS) is 10.5. The van der Waals surface area contributed by atoms with Crippen molar-refractivity contribution in [3.8, 4) is 0 Å². The second-order valence-corrected chi connectivity index (χ2v) is 5.45. The van der Waals surface area contributed by atoms with Crippen molar-refractivity contribution >= 4 is 5.97 Å². The molecule has 0 spiro atoms. The smallest absolute Gasteiger partial charge is 0.311 e. The largest absolute Gasteiger partial charge is 0.469 e. The second kappa shape index (κ2) is 17.1. The summed E-state index contributed by atoms with van der Waals surface area (Å²) in [5.41, 5.74) is 1.14. The van der Waals surface area contributed by atoms with Crippen molar-refractivity contribution < 1.29 is 9.53 Å². The summed E-state index contributed by atoms with van der Waals surface area (Å²) in [4.78, 5) is 10.8. The van der Waals surface area contributed by atoms with Crippen LogP contribution in [0, 0.1) is 5.41 Å². The van der Waals surface area contributed by atoms with Gasteiger partial charge in [-0.1, -0.05) is 78.8 Å². The Balaban J connectivity index is -0.000000287. The van der Waals surface area contributed by atoms with Gasteiger partial charge in [-0.3, -0.25) is 4.79 Å². The molecule has 23 heavy (non-hydrogen) atoms. The average molecular weight is 325 g/mol. The molecule has 1 atom stereocenters. The van der Waals surface area contributed by atoms with Gasteiger partial charge in [0.2, 0.25) is 0 Å². The van der Waals surface area contributed by atoms with Crippen molar-refractivity contribution in [1.82, 2.24) is 0 Å². The zero-order chi connectivity index (χ0) is 18.9. The Morgan fingerprint density at radius 2 is 1.48 bits per heavy atom. The lowest BCUT2D eigenvalue weighted by Crippen LogP contribution is -2.24. The van der Waals surface area contributed by atoms with Crippen LogP contribution < -0.4 is 0 Å². The van der Waals surface area contributed by atoms with Crippen LogP contribution in [0.15, 0.2) is 30.3 Å². The Bertz CT molecular complexity index is 355. The van der Waals surface area contributed by atoms with Gasteiger partial charge in [0.1, 0.15) is 0 Å². The van der Waals surface area contributed by atoms with E-state index in [0.29, 0.717) is 5.92 Å². The first-order chi connectivity index (χ1) is 10.9. The molecule has 2 nitrogen and oxygen atoms in total. The van der Waals surface area contributed by atoms with E-state index in [1.807, 2.05) is 48.5 Å². The van der Waals surface area contributed by atoms with Crippen LogP contribution in [0.25, 0.3) is 0 Å². The molecule has 1 aromatic carbocycles. The van der Waals surface area contributed by atoms with Crippen molar-refractivity contribution in [1.29, 1.82) is 0 Å². The molecule has 0 saturated heterocycles. The van der Waals surface area contributed by atoms with Gasteiger partial charge in [0.15, 0.2) is 0 Å². The minimum Gasteiger partial charge on any atom is -0.469 e. The van der Waals surface area contributed by atoms with Crippen LogP contribution in [0.3, 0.4) is 0 Å². The maximum absolute atomic E-state index is 10.8. The van der Waals surface area contributed by atoms with Gasteiger partial charge < -0.3 is 4.74 Å². The first kappa shape index (κ1) is 26.6. The molecular weight excluding hydrogens is 284 g/mol. The molecule has 2 heteroatoms. The number of carbonyl (C=O) groups is 1. The van der Waals surface area contributed by atoms with Gasteiger partial charge in [-0.15, -0.1) is 0 Å². The summed E-state index contributed by atoms with van der Waals surface area (Å²) in [5.74, 6) is 0.575. The topological polar surface area (TPSA) is 26.3 Å². The van der Waals surface area contributed by atoms with Crippen molar-refractivity contribution in [2.45, 2.75) is 81.1 Å². The third-order valence-corrected chi connectivity index (χ3v) is 3.60. The lowest BCUT2D eigenvalue weighted by molar-refractivity contribution is -0.150. The molecule has 0 N–H and O–H groups in total. The highest BCUT2D eigenvalue weighted by Gasteiger charge is 2.25. The molecule has 1 aromatic rings. The fourth-order valence-corrected chi connectivity index (χ4v) is 1.44. The minimum atomic E-state index is -0.311. The van der Waals surface area contributed by atoms with Crippen LogP contribution in [-0.2, 0) is 9.53 Å². The summed E-state index contributed by atoms with van der Waals surface area (Å²) in [6.07, 6.45) is 2.05. The molecule has 0 amide bonds. The Labute approximate surface area is 145 Å². The monoisotopic (exact) mass is 324 g/mol. The molecule has 0 aliphatic heterocycles. The van der Waals surface area contributed by atoms with Gasteiger partial charge in [-0.25, -0.2) is 0 Å². The van der Waals surface area contributed by atoms with Crippen LogP contribution >= 0.6 is 0 Å². The van der Waals surface area contributed by atoms with Crippen molar-refractivity contribution in [3.63, 3.8) is 0 Å². The fraction of sp³-hybridized carbons (Fsp3) is 0.667. The lowest BCUT2D eigenvalue weighted by Gasteiger charge is -2.17. The van der Waals surface area contributed by atoms with Crippen LogP contribution in [0.1, 0.15) is 86.6 Å². The van der Waals surface area contributed by atoms with E-state index in [9.17, 15) is 4.79 Å². The third-order valence-electron chi connectivity index (χ3n) is 3.60. The van der Waals surface area contributed by atoms with Gasteiger partial charge in [-0.05, 0) is 38.2 Å². The number of methoxy groups -OCH3 is 1. The van der Waals surface area contributed by atoms with E-state index in [1.165, 1.54) is 19.1 Å². The van der Waals surface area contributed by atoms with Gasteiger partial charge in [0.25, 0.3) is 0 Å². The maximum atomic E-state index is 10.8. The third kappa shape index (κ3) is 12.9. The summed E-state index contributed by atoms with van der Waals surface area (Å²) >= 11 is 0. The molecule has 0 fully saturated rings. The molecule has 136 valence electrons. The predicted molar refractivity (Wildman–Crippen MR) is 104 cm³/mol. The Morgan fingerprint density at radius 1 is 1.04 bits per heavy atom. The van der Waals surface area contributed by atoms with E-state index in [4.69, 9.17) is 0 Å². The quantitative estimate of drug-likeness (QED) is 0.566. The fourth-order valence-electron chi connectivity index (χ4n) is 1.44. The maximum Gasteiger partial charge on any atom is 0.311 e. The number of hydrogen-bond acceptors (Lipinski definition) is 2. The van der Waals surface area contributed by atoms with Gasteiger partial charge in [0, 0.05) is 0 Å². The second-order valence-electron chi connectivity index (χ2n) is 5.45. The van der Waals surface area contributed by atoms with Crippen LogP contribution in [-0.4, -0.2) is 13.1 Å². The number of rotatable bonds is 4. The molecule has 0 aromatic heterocycles. The van der Waals surface area contributed by atoms with Crippen molar-refractivity contribution in [3.05, 3.63) is 35.9 Å². The molecular formula is C21H40O2. The lowest BCUT2D eigenvalue weighted by atomic mass is 9.91. The van der Waals surface area contributed by atoms with E-state index < -0.39 is 0 Å². The molecule has 0 radical (unpaired) electrons. The van der Waals surface area contributed by atoms with E-state index >= 15 is 0 Å². The number of benzene rings is 1. The highest BCUT2D eigenvalue weighted by molar-refractivity contribution is 5.75. The summed E-state index contributed by atoms with van der Waals surface area (Å²) < 4.78 is 4.57. The Hall–Kier alpha value is -1.31. The summed E-state index contributed by atoms with van der Waals surface area (Å²) in [6.45, 7) is 18.2. The van der Waals surface area contributed by atoms with Gasteiger partial charge >= 0.3 is 5.97 Å². The first-order valence-corrected chi connectivity index (χ1v) is 9.02. The van der Waals surface area contributed by atoms with E-state index in [1.54, 1.807) is 0 Å². The first-order valence-electron chi connectivity index (χ1n) is 9.02. The number of hydrogen-bond donors (Lipinski definition) is 0. The van der Waals surface area contributed by atoms with Gasteiger partial charge in [0.05, 0.1) is 12.5 Å². The zero-order valence-corrected chi connectivity index (χ0v) is 17.2. The van der Waals surface area contributed by atoms with Gasteiger partial charge in [-0.2, -0.15) is 0 Å². The van der Waals surface area contributed by atoms with Crippen LogP contribution in [0.2, 0.25) is 0 Å². The average Bonchev–Trinajstić information content (AvgIpc) is 2.64. The van der Waals surface area contributed by atoms with E-state index in [2.05, 4.69) is 48.9 Å². The Kier molecular flexibility index (Phi) is 19.7. The SMILES string of the molecule is CC.CC.CCC(C)(C)C(=O)OC.CCC(C)c1ccccc1. The molecule has 1 rings (SSSR count). The molecule has 0 aliphatic rings. The highest BCUT2D eigenvalue weighted by atomic mass is 16.5. The molecule has 0 saturated carbocycles. The Morgan fingerprint density at radius 3 is 1.74 bits per heavy atom. The van der Waals surface area contributed by atoms with Crippen LogP contribution in [0.5, 0.6) is 0 Å². The predicted octanol–water partition coefficient (Wildman–Crippen LogP) is 6.85. The van der Waals surface area contributed by atoms with Crippen LogP contribution in [0.4, 0.5) is 0 Å². The summed E-state index contributed by atoms with van der Waals surface area (Å²) in [6, 6.07) is 10.6. The zero-order valence-electron chi connectivity index (χ0n) is 17.2. The molecule has 1 unspecified atom stereocenters. The molecule has 0 aliphatic carbocycles. The van der Waals surface area contributed by atoms with Crippen molar-refractivity contribution in [2.24, 2.45) is 5.41 Å². The molecule has 0 bridgehead atoms. The minimum absolute atomic E-state index is 0.134. The highest BCUT2D eigenvalue weighted by Crippen LogP contribution is 2.20. The van der Waals surface area contributed by atoms with Crippen molar-refractivity contribution in [2.75, 3.05) is 7.11 Å². The van der Waals surface area contributed by atoms with E-state index in [0.717, 1.165) is 6.42 Å². The summed E-state index contributed by atoms with van der Waals surface area (Å²) in [5, 5.41) is 0.